The molecule has 1 amide bonds. The van der Waals surface area contributed by atoms with E-state index in [1.54, 1.807) is 36.4 Å². The molecule has 0 aromatic heterocycles. The van der Waals surface area contributed by atoms with Crippen molar-refractivity contribution in [3.05, 3.63) is 93.3 Å². The average Bonchev–Trinajstić information content (AvgIpc) is 3.11. The van der Waals surface area contributed by atoms with Crippen LogP contribution in [0.15, 0.2) is 71.6 Å². The predicted octanol–water partition coefficient (Wildman–Crippen LogP) is 7.35. The van der Waals surface area contributed by atoms with Gasteiger partial charge in [0.15, 0.2) is 15.8 Å². The lowest BCUT2D eigenvalue weighted by Gasteiger charge is -2.16. The summed E-state index contributed by atoms with van der Waals surface area (Å²) in [4.78, 5) is 14.4. The van der Waals surface area contributed by atoms with Gasteiger partial charge in [-0.1, -0.05) is 59.8 Å². The summed E-state index contributed by atoms with van der Waals surface area (Å²) in [5.74, 6) is 0.468. The van der Waals surface area contributed by atoms with Gasteiger partial charge < -0.3 is 9.47 Å². The van der Waals surface area contributed by atoms with Crippen molar-refractivity contribution in [1.29, 1.82) is 0 Å². The Hall–Kier alpha value is -3.01. The number of benzene rings is 3. The first-order valence-corrected chi connectivity index (χ1v) is 11.8. The van der Waals surface area contributed by atoms with Gasteiger partial charge in [-0.2, -0.15) is 13.2 Å². The summed E-state index contributed by atoms with van der Waals surface area (Å²) in [5.41, 5.74) is 0.753. The van der Waals surface area contributed by atoms with Crippen LogP contribution in [0, 0.1) is 0 Å². The molecule has 35 heavy (non-hydrogen) atoms. The summed E-state index contributed by atoms with van der Waals surface area (Å²) in [6.45, 7) is 0.272. The number of ether oxygens (including phenoxy) is 2. The number of thiocarbonyl (C=S) groups is 1. The lowest BCUT2D eigenvalue weighted by atomic mass is 10.1. The molecule has 3 aromatic rings. The minimum atomic E-state index is -4.53. The maximum atomic E-state index is 13.1. The van der Waals surface area contributed by atoms with E-state index >= 15 is 0 Å². The molecule has 3 aromatic carbocycles. The Labute approximate surface area is 214 Å². The molecule has 4 rings (SSSR count). The van der Waals surface area contributed by atoms with Crippen LogP contribution in [0.3, 0.4) is 0 Å². The van der Waals surface area contributed by atoms with Gasteiger partial charge in [0.05, 0.1) is 23.3 Å². The number of nitrogens with zero attached hydrogens (tertiary/aromatic N) is 1. The third-order valence-corrected chi connectivity index (χ3v) is 6.57. The van der Waals surface area contributed by atoms with E-state index in [4.69, 9.17) is 33.3 Å². The van der Waals surface area contributed by atoms with Crippen LogP contribution in [0.25, 0.3) is 6.08 Å². The van der Waals surface area contributed by atoms with Crippen molar-refractivity contribution in [2.75, 3.05) is 12.0 Å². The third-order valence-electron chi connectivity index (χ3n) is 5.02. The van der Waals surface area contributed by atoms with Crippen LogP contribution in [-0.4, -0.2) is 17.3 Å². The number of anilines is 1. The fourth-order valence-electron chi connectivity index (χ4n) is 3.30. The second-order valence-corrected chi connectivity index (χ2v) is 9.50. The Morgan fingerprint density at radius 1 is 1.06 bits per heavy atom. The number of carbonyl (C=O) groups is 1. The van der Waals surface area contributed by atoms with Crippen molar-refractivity contribution in [3.8, 4) is 11.5 Å². The molecule has 0 saturated carbocycles. The highest BCUT2D eigenvalue weighted by molar-refractivity contribution is 8.27. The molecule has 0 spiro atoms. The first-order chi connectivity index (χ1) is 16.7. The number of thioether (sulfide) groups is 1. The number of carbonyl (C=O) groups excluding carboxylic acids is 1. The smallest absolute Gasteiger partial charge is 0.416 e. The van der Waals surface area contributed by atoms with Gasteiger partial charge in [0.1, 0.15) is 6.61 Å². The van der Waals surface area contributed by atoms with Crippen molar-refractivity contribution in [3.63, 3.8) is 0 Å². The third kappa shape index (κ3) is 5.80. The Morgan fingerprint density at radius 2 is 1.80 bits per heavy atom. The summed E-state index contributed by atoms with van der Waals surface area (Å²) in [6.07, 6.45) is -2.92. The fraction of sp³-hybridized carbons (Fsp3) is 0.120. The molecule has 0 radical (unpaired) electrons. The number of methoxy groups -OCH3 is 1. The molecule has 1 fully saturated rings. The van der Waals surface area contributed by atoms with Crippen LogP contribution in [-0.2, 0) is 17.6 Å². The molecule has 1 aliphatic heterocycles. The maximum Gasteiger partial charge on any atom is 0.416 e. The molecule has 1 aliphatic rings. The van der Waals surface area contributed by atoms with Gasteiger partial charge in [0, 0.05) is 5.02 Å². The summed E-state index contributed by atoms with van der Waals surface area (Å²) in [5, 5.41) is 0.621. The molecule has 0 atom stereocenters. The van der Waals surface area contributed by atoms with Crippen LogP contribution < -0.4 is 14.4 Å². The highest BCUT2D eigenvalue weighted by Crippen LogP contribution is 2.39. The molecule has 10 heteroatoms. The number of hydrogen-bond donors (Lipinski definition) is 0. The Kier molecular flexibility index (Phi) is 7.39. The molecule has 0 bridgehead atoms. The van der Waals surface area contributed by atoms with Gasteiger partial charge in [0.25, 0.3) is 5.91 Å². The monoisotopic (exact) mass is 535 g/mol. The van der Waals surface area contributed by atoms with Crippen LogP contribution in [0.4, 0.5) is 18.9 Å². The number of rotatable bonds is 6. The number of halogens is 4. The molecular weight excluding hydrogens is 519 g/mol. The molecule has 180 valence electrons. The van der Waals surface area contributed by atoms with E-state index in [0.29, 0.717) is 22.1 Å². The quantitative estimate of drug-likeness (QED) is 0.244. The standard InChI is InChI=1S/C25H17ClF3NO3S2/c1-32-20-10-7-16(11-21(20)33-14-15-5-8-18(26)9-6-15)12-22-23(31)30(24(34)35-22)19-4-2-3-17(13-19)25(27,28)29/h2-13H,14H2,1H3/b22-12+. The maximum absolute atomic E-state index is 13.1. The van der Waals surface area contributed by atoms with E-state index in [1.165, 1.54) is 19.2 Å². The van der Waals surface area contributed by atoms with Gasteiger partial charge in [-0.05, 0) is 59.7 Å². The minimum Gasteiger partial charge on any atom is -0.493 e. The zero-order valence-electron chi connectivity index (χ0n) is 18.1. The zero-order chi connectivity index (χ0) is 25.2. The van der Waals surface area contributed by atoms with Gasteiger partial charge >= 0.3 is 6.18 Å². The zero-order valence-corrected chi connectivity index (χ0v) is 20.5. The highest BCUT2D eigenvalue weighted by Gasteiger charge is 2.36. The molecule has 0 unspecified atom stereocenters. The lowest BCUT2D eigenvalue weighted by molar-refractivity contribution is -0.137. The largest absolute Gasteiger partial charge is 0.493 e. The Morgan fingerprint density at radius 3 is 2.49 bits per heavy atom. The van der Waals surface area contributed by atoms with Crippen LogP contribution in [0.5, 0.6) is 11.5 Å². The first kappa shape index (κ1) is 25.1. The fourth-order valence-corrected chi connectivity index (χ4v) is 4.73. The van der Waals surface area contributed by atoms with Crippen molar-refractivity contribution in [2.24, 2.45) is 0 Å². The van der Waals surface area contributed by atoms with E-state index in [0.717, 1.165) is 34.4 Å². The van der Waals surface area contributed by atoms with Gasteiger partial charge in [-0.3, -0.25) is 9.69 Å². The second kappa shape index (κ2) is 10.3. The van der Waals surface area contributed by atoms with Gasteiger partial charge in [-0.25, -0.2) is 0 Å². The molecule has 1 heterocycles. The molecule has 0 aliphatic carbocycles. The molecular formula is C25H17ClF3NO3S2. The summed E-state index contributed by atoms with van der Waals surface area (Å²) in [7, 11) is 1.52. The van der Waals surface area contributed by atoms with Crippen LogP contribution in [0.1, 0.15) is 16.7 Å². The predicted molar refractivity (Wildman–Crippen MR) is 136 cm³/mol. The number of alkyl halides is 3. The summed E-state index contributed by atoms with van der Waals surface area (Å²) < 4.78 is 50.8. The van der Waals surface area contributed by atoms with Crippen molar-refractivity contribution in [1.82, 2.24) is 0 Å². The van der Waals surface area contributed by atoms with E-state index in [2.05, 4.69) is 0 Å². The van der Waals surface area contributed by atoms with Crippen LogP contribution in [0.2, 0.25) is 5.02 Å². The topological polar surface area (TPSA) is 38.8 Å². The average molecular weight is 536 g/mol. The molecule has 4 nitrogen and oxygen atoms in total. The van der Waals surface area contributed by atoms with Gasteiger partial charge in [0.2, 0.25) is 0 Å². The summed E-state index contributed by atoms with van der Waals surface area (Å²) >= 11 is 12.2. The normalized spacial score (nSPS) is 15.1. The number of amides is 1. The summed E-state index contributed by atoms with van der Waals surface area (Å²) in [6, 6.07) is 16.9. The van der Waals surface area contributed by atoms with E-state index in [9.17, 15) is 18.0 Å². The van der Waals surface area contributed by atoms with E-state index in [1.807, 2.05) is 12.1 Å². The first-order valence-electron chi connectivity index (χ1n) is 10.2. The van der Waals surface area contributed by atoms with Crippen molar-refractivity contribution in [2.45, 2.75) is 12.8 Å². The SMILES string of the molecule is COc1ccc(/C=C2/SC(=S)N(c3cccc(C(F)(F)F)c3)C2=O)cc1OCc1ccc(Cl)cc1. The highest BCUT2D eigenvalue weighted by atomic mass is 35.5. The number of hydrogen-bond acceptors (Lipinski definition) is 5. The Balaban J connectivity index is 1.57. The van der Waals surface area contributed by atoms with Crippen LogP contribution >= 0.6 is 35.6 Å². The minimum absolute atomic E-state index is 0.0624. The lowest BCUT2D eigenvalue weighted by Crippen LogP contribution is -2.27. The Bertz CT molecular complexity index is 1310. The van der Waals surface area contributed by atoms with Crippen molar-refractivity contribution >= 4 is 57.6 Å². The van der Waals surface area contributed by atoms with Gasteiger partial charge in [-0.15, -0.1) is 0 Å². The second-order valence-electron chi connectivity index (χ2n) is 7.39. The van der Waals surface area contributed by atoms with Crippen molar-refractivity contribution < 1.29 is 27.4 Å². The van der Waals surface area contributed by atoms with E-state index in [-0.39, 0.29) is 21.5 Å². The molecule has 0 N–H and O–H groups in total. The molecule has 1 saturated heterocycles. The van der Waals surface area contributed by atoms with E-state index < -0.39 is 17.6 Å².